The summed E-state index contributed by atoms with van der Waals surface area (Å²) in [5, 5.41) is 14.4. The third kappa shape index (κ3) is 5.45. The zero-order valence-corrected chi connectivity index (χ0v) is 18.4. The first-order chi connectivity index (χ1) is 16.6. The van der Waals surface area contributed by atoms with Gasteiger partial charge in [-0.3, -0.25) is 18.9 Å². The van der Waals surface area contributed by atoms with Gasteiger partial charge in [0.05, 0.1) is 11.7 Å². The molecule has 1 fully saturated rings. The number of alkyl halides is 3. The van der Waals surface area contributed by atoms with E-state index in [-0.39, 0.29) is 5.91 Å². The van der Waals surface area contributed by atoms with Crippen LogP contribution in [-0.4, -0.2) is 52.3 Å². The minimum atomic E-state index is -5.08. The molecule has 0 radical (unpaired) electrons. The molecular weight excluding hydrogens is 467 g/mol. The van der Waals surface area contributed by atoms with Gasteiger partial charge in [-0.25, -0.2) is 14.8 Å². The number of aromatic nitrogens is 6. The molecular formula is C22H20F3N7O3. The number of imidazole rings is 1. The summed E-state index contributed by atoms with van der Waals surface area (Å²) in [6.45, 7) is 2.77. The predicted octanol–water partition coefficient (Wildman–Crippen LogP) is 3.59. The van der Waals surface area contributed by atoms with Crippen molar-refractivity contribution in [2.75, 3.05) is 5.32 Å². The van der Waals surface area contributed by atoms with Gasteiger partial charge in [-0.15, -0.1) is 0 Å². The maximum atomic E-state index is 13.0. The third-order valence-electron chi connectivity index (χ3n) is 5.22. The lowest BCUT2D eigenvalue weighted by atomic mass is 10.3. The van der Waals surface area contributed by atoms with Gasteiger partial charge in [0.1, 0.15) is 11.5 Å². The first-order valence-electron chi connectivity index (χ1n) is 10.5. The van der Waals surface area contributed by atoms with Crippen molar-refractivity contribution in [2.24, 2.45) is 5.92 Å². The van der Waals surface area contributed by atoms with Crippen LogP contribution < -0.4 is 5.32 Å². The summed E-state index contributed by atoms with van der Waals surface area (Å²) in [4.78, 5) is 34.9. The maximum Gasteiger partial charge on any atom is 0.490 e. The Morgan fingerprint density at radius 2 is 1.94 bits per heavy atom. The number of aryl methyl sites for hydroxylation is 1. The molecule has 0 saturated heterocycles. The van der Waals surface area contributed by atoms with E-state index < -0.39 is 12.1 Å². The number of carboxylic acid groups (broad SMARTS) is 1. The number of fused-ring (bicyclic) bond motifs is 1. The first kappa shape index (κ1) is 23.9. The highest BCUT2D eigenvalue weighted by Gasteiger charge is 2.38. The van der Waals surface area contributed by atoms with Crippen LogP contribution in [0.5, 0.6) is 0 Å². The number of aliphatic carboxylic acids is 1. The number of pyridine rings is 1. The van der Waals surface area contributed by atoms with Crippen LogP contribution in [0.3, 0.4) is 0 Å². The Bertz CT molecular complexity index is 1380. The SMILES string of the molecule is Cc1cccnc1NC(=O)c1nc(-c2ccnn2CC2CC2)n2ccncc12.O=C(O)C(F)(F)F. The average Bonchev–Trinajstić information content (AvgIpc) is 3.37. The van der Waals surface area contributed by atoms with Crippen molar-refractivity contribution in [1.29, 1.82) is 0 Å². The molecule has 0 atom stereocenters. The number of hydrogen-bond donors (Lipinski definition) is 2. The summed E-state index contributed by atoms with van der Waals surface area (Å²) in [5.74, 6) is -1.18. The smallest absolute Gasteiger partial charge is 0.475 e. The number of carbonyl (C=O) groups excluding carboxylic acids is 1. The van der Waals surface area contributed by atoms with E-state index in [4.69, 9.17) is 9.90 Å². The molecule has 5 rings (SSSR count). The number of carboxylic acids is 1. The topological polar surface area (TPSA) is 127 Å². The van der Waals surface area contributed by atoms with Crippen LogP contribution in [0.2, 0.25) is 0 Å². The largest absolute Gasteiger partial charge is 0.490 e. The van der Waals surface area contributed by atoms with E-state index in [2.05, 4.69) is 25.4 Å². The summed E-state index contributed by atoms with van der Waals surface area (Å²) in [7, 11) is 0. The van der Waals surface area contributed by atoms with Crippen LogP contribution in [-0.2, 0) is 11.3 Å². The Kier molecular flexibility index (Phi) is 6.49. The molecule has 182 valence electrons. The fraction of sp³-hybridized carbons (Fsp3) is 0.273. The van der Waals surface area contributed by atoms with E-state index in [0.717, 1.165) is 17.8 Å². The number of amides is 1. The van der Waals surface area contributed by atoms with E-state index in [0.29, 0.717) is 28.8 Å². The van der Waals surface area contributed by atoms with Crippen molar-refractivity contribution in [3.05, 3.63) is 60.4 Å². The third-order valence-corrected chi connectivity index (χ3v) is 5.22. The van der Waals surface area contributed by atoms with Crippen LogP contribution in [0.15, 0.2) is 49.2 Å². The molecule has 1 saturated carbocycles. The predicted molar refractivity (Wildman–Crippen MR) is 118 cm³/mol. The number of carbonyl (C=O) groups is 2. The van der Waals surface area contributed by atoms with Crippen molar-refractivity contribution in [3.63, 3.8) is 0 Å². The molecule has 1 aliphatic rings. The highest BCUT2D eigenvalue weighted by molar-refractivity contribution is 6.07. The van der Waals surface area contributed by atoms with E-state index >= 15 is 0 Å². The normalized spacial score (nSPS) is 13.3. The monoisotopic (exact) mass is 487 g/mol. The second-order valence-electron chi connectivity index (χ2n) is 7.88. The number of hydrogen-bond acceptors (Lipinski definition) is 6. The van der Waals surface area contributed by atoms with Crippen LogP contribution in [0.4, 0.5) is 19.0 Å². The Morgan fingerprint density at radius 3 is 2.60 bits per heavy atom. The fourth-order valence-corrected chi connectivity index (χ4v) is 3.28. The maximum absolute atomic E-state index is 13.0. The molecule has 0 bridgehead atoms. The van der Waals surface area contributed by atoms with E-state index in [1.54, 1.807) is 24.8 Å². The number of rotatable bonds is 5. The molecule has 10 nitrogen and oxygen atoms in total. The van der Waals surface area contributed by atoms with Gasteiger partial charge in [0, 0.05) is 31.3 Å². The Labute approximate surface area is 196 Å². The lowest BCUT2D eigenvalue weighted by Gasteiger charge is -2.05. The number of halogens is 3. The zero-order chi connectivity index (χ0) is 25.2. The van der Waals surface area contributed by atoms with Gasteiger partial charge in [0.2, 0.25) is 0 Å². The van der Waals surface area contributed by atoms with Crippen LogP contribution in [0.1, 0.15) is 28.9 Å². The molecule has 1 amide bonds. The standard InChI is InChI=1S/C20H19N7O.C2HF3O2/c1-13-3-2-7-22-18(13)25-20(28)17-16-11-21-9-10-26(16)19(24-17)15-6-8-23-27(15)12-14-4-5-14;3-2(4,5)1(6)7/h2-3,6-11,14H,4-5,12H2,1H3,(H,22,25,28);(H,6,7). The van der Waals surface area contributed by atoms with Gasteiger partial charge in [-0.1, -0.05) is 6.07 Å². The Morgan fingerprint density at radius 1 is 1.20 bits per heavy atom. The van der Waals surface area contributed by atoms with E-state index in [1.165, 1.54) is 12.8 Å². The minimum Gasteiger partial charge on any atom is -0.475 e. The van der Waals surface area contributed by atoms with Crippen molar-refractivity contribution >= 4 is 23.2 Å². The Balaban J connectivity index is 0.000000364. The molecule has 2 N–H and O–H groups in total. The zero-order valence-electron chi connectivity index (χ0n) is 18.4. The van der Waals surface area contributed by atoms with Crippen molar-refractivity contribution in [1.82, 2.24) is 29.1 Å². The highest BCUT2D eigenvalue weighted by Crippen LogP contribution is 2.32. The first-order valence-corrected chi connectivity index (χ1v) is 10.5. The number of anilines is 1. The van der Waals surface area contributed by atoms with Crippen molar-refractivity contribution < 1.29 is 27.9 Å². The number of nitrogens with one attached hydrogen (secondary N) is 1. The van der Waals surface area contributed by atoms with Crippen LogP contribution in [0, 0.1) is 12.8 Å². The molecule has 4 aromatic heterocycles. The van der Waals surface area contributed by atoms with Gasteiger partial charge in [0.25, 0.3) is 5.91 Å². The highest BCUT2D eigenvalue weighted by atomic mass is 19.4. The van der Waals surface area contributed by atoms with Crippen molar-refractivity contribution in [2.45, 2.75) is 32.5 Å². The lowest BCUT2D eigenvalue weighted by Crippen LogP contribution is -2.21. The molecule has 0 unspecified atom stereocenters. The molecule has 0 aliphatic heterocycles. The second-order valence-corrected chi connectivity index (χ2v) is 7.88. The summed E-state index contributed by atoms with van der Waals surface area (Å²) >= 11 is 0. The molecule has 35 heavy (non-hydrogen) atoms. The molecule has 13 heteroatoms. The second kappa shape index (κ2) is 9.52. The minimum absolute atomic E-state index is 0.312. The molecule has 4 heterocycles. The van der Waals surface area contributed by atoms with E-state index in [1.807, 2.05) is 40.4 Å². The molecule has 0 spiro atoms. The summed E-state index contributed by atoms with van der Waals surface area (Å²) in [6, 6.07) is 5.67. The quantitative estimate of drug-likeness (QED) is 0.440. The molecule has 1 aliphatic carbocycles. The van der Waals surface area contributed by atoms with E-state index in [9.17, 15) is 18.0 Å². The van der Waals surface area contributed by atoms with Gasteiger partial charge < -0.3 is 10.4 Å². The van der Waals surface area contributed by atoms with Crippen molar-refractivity contribution in [3.8, 4) is 11.5 Å². The fourth-order valence-electron chi connectivity index (χ4n) is 3.28. The Hall–Kier alpha value is -4.29. The van der Waals surface area contributed by atoms with Gasteiger partial charge in [-0.2, -0.15) is 18.3 Å². The summed E-state index contributed by atoms with van der Waals surface area (Å²) < 4.78 is 35.6. The summed E-state index contributed by atoms with van der Waals surface area (Å²) in [5.41, 5.74) is 2.73. The number of nitrogens with zero attached hydrogens (tertiary/aromatic N) is 6. The molecule has 0 aromatic carbocycles. The van der Waals surface area contributed by atoms with Crippen LogP contribution in [0.25, 0.3) is 17.0 Å². The lowest BCUT2D eigenvalue weighted by molar-refractivity contribution is -0.192. The van der Waals surface area contributed by atoms with Gasteiger partial charge >= 0.3 is 12.1 Å². The van der Waals surface area contributed by atoms with Crippen LogP contribution >= 0.6 is 0 Å². The van der Waals surface area contributed by atoms with Gasteiger partial charge in [0.15, 0.2) is 11.5 Å². The average molecular weight is 487 g/mol. The van der Waals surface area contributed by atoms with Gasteiger partial charge in [-0.05, 0) is 43.4 Å². The summed E-state index contributed by atoms with van der Waals surface area (Å²) in [6.07, 6.45) is 5.97. The molecule has 4 aromatic rings.